The minimum atomic E-state index is -0.729. The normalized spacial score (nSPS) is 13.1. The highest BCUT2D eigenvalue weighted by molar-refractivity contribution is 7.84. The molecule has 5 nitrogen and oxygen atoms in total. The molecule has 14 heavy (non-hydrogen) atoms. The molecule has 1 atom stereocenters. The number of nitrogens with zero attached hydrogens (tertiary/aromatic N) is 3. The molecule has 6 heteroatoms. The van der Waals surface area contributed by atoms with E-state index >= 15 is 0 Å². The molecule has 0 radical (unpaired) electrons. The molecule has 1 unspecified atom stereocenters. The molecule has 0 saturated heterocycles. The monoisotopic (exact) mass is 216 g/mol. The highest BCUT2D eigenvalue weighted by Gasteiger charge is 2.03. The fourth-order valence-corrected chi connectivity index (χ4v) is 1.45. The van der Waals surface area contributed by atoms with Crippen molar-refractivity contribution in [3.63, 3.8) is 0 Å². The zero-order valence-corrected chi connectivity index (χ0v) is 9.60. The van der Waals surface area contributed by atoms with Crippen molar-refractivity contribution in [2.75, 3.05) is 18.6 Å². The molecule has 0 aromatic carbocycles. The van der Waals surface area contributed by atoms with Crippen molar-refractivity contribution < 1.29 is 4.21 Å². The van der Waals surface area contributed by atoms with E-state index in [-0.39, 0.29) is 0 Å². The molecule has 0 aliphatic carbocycles. The maximum atomic E-state index is 10.8. The summed E-state index contributed by atoms with van der Waals surface area (Å²) in [6.07, 6.45) is 1.70. The van der Waals surface area contributed by atoms with Gasteiger partial charge in [0.2, 0.25) is 0 Å². The van der Waals surface area contributed by atoms with Gasteiger partial charge in [0.1, 0.15) is 11.6 Å². The third-order valence-corrected chi connectivity index (χ3v) is 2.81. The van der Waals surface area contributed by atoms with Crippen molar-refractivity contribution in [3.05, 3.63) is 11.6 Å². The van der Waals surface area contributed by atoms with E-state index in [9.17, 15) is 4.21 Å². The van der Waals surface area contributed by atoms with Crippen molar-refractivity contribution >= 4 is 10.8 Å². The molecule has 1 aromatic heterocycles. The molecule has 1 heterocycles. The fraction of sp³-hybridized carbons (Fsp3) is 0.750. The lowest BCUT2D eigenvalue weighted by Crippen LogP contribution is -2.21. The topological polar surface area (TPSA) is 59.8 Å². The minimum Gasteiger partial charge on any atom is -0.317 e. The van der Waals surface area contributed by atoms with Crippen LogP contribution in [0.25, 0.3) is 0 Å². The van der Waals surface area contributed by atoms with Crippen LogP contribution in [0.3, 0.4) is 0 Å². The van der Waals surface area contributed by atoms with Gasteiger partial charge in [0.15, 0.2) is 0 Å². The smallest absolute Gasteiger partial charge is 0.146 e. The Balaban J connectivity index is 2.31. The summed E-state index contributed by atoms with van der Waals surface area (Å²) in [6, 6.07) is 0. The minimum absolute atomic E-state index is 0.675. The van der Waals surface area contributed by atoms with E-state index in [1.807, 2.05) is 18.5 Å². The second-order valence-electron chi connectivity index (χ2n) is 3.18. The average molecular weight is 216 g/mol. The van der Waals surface area contributed by atoms with Gasteiger partial charge in [-0.15, -0.1) is 10.2 Å². The summed E-state index contributed by atoms with van der Waals surface area (Å²) >= 11 is 0. The molecule has 0 bridgehead atoms. The molecule has 1 aromatic rings. The van der Waals surface area contributed by atoms with E-state index in [2.05, 4.69) is 15.5 Å². The predicted octanol–water partition coefficient (Wildman–Crippen LogP) is -0.408. The van der Waals surface area contributed by atoms with Crippen LogP contribution in [-0.2, 0) is 24.4 Å². The molecular formula is C8H16N4OS. The Morgan fingerprint density at radius 1 is 1.50 bits per heavy atom. The van der Waals surface area contributed by atoms with Gasteiger partial charge in [0.25, 0.3) is 0 Å². The second kappa shape index (κ2) is 5.21. The lowest BCUT2D eigenvalue weighted by molar-refractivity contribution is 0.649. The van der Waals surface area contributed by atoms with Gasteiger partial charge in [0, 0.05) is 36.4 Å². The third-order valence-electron chi connectivity index (χ3n) is 2.03. The summed E-state index contributed by atoms with van der Waals surface area (Å²) in [4.78, 5) is 0. The molecular weight excluding hydrogens is 200 g/mol. The first-order valence-corrected chi connectivity index (χ1v) is 6.19. The van der Waals surface area contributed by atoms with Gasteiger partial charge in [-0.1, -0.05) is 0 Å². The van der Waals surface area contributed by atoms with Crippen LogP contribution in [0, 0.1) is 6.92 Å². The van der Waals surface area contributed by atoms with Crippen LogP contribution in [0.4, 0.5) is 0 Å². The van der Waals surface area contributed by atoms with E-state index < -0.39 is 10.8 Å². The van der Waals surface area contributed by atoms with E-state index in [0.29, 0.717) is 12.3 Å². The second-order valence-corrected chi connectivity index (χ2v) is 4.73. The summed E-state index contributed by atoms with van der Waals surface area (Å²) in [7, 11) is 1.21. The lowest BCUT2D eigenvalue weighted by atomic mass is 10.5. The summed E-state index contributed by atoms with van der Waals surface area (Å²) in [5.41, 5.74) is 0. The van der Waals surface area contributed by atoms with Crippen LogP contribution in [0.1, 0.15) is 11.6 Å². The third kappa shape index (κ3) is 3.19. The van der Waals surface area contributed by atoms with Crippen LogP contribution in [0.15, 0.2) is 0 Å². The zero-order valence-electron chi connectivity index (χ0n) is 8.78. The highest BCUT2D eigenvalue weighted by Crippen LogP contribution is 1.95. The van der Waals surface area contributed by atoms with E-state index in [1.54, 1.807) is 6.26 Å². The highest BCUT2D eigenvalue weighted by atomic mass is 32.2. The molecule has 0 aliphatic heterocycles. The van der Waals surface area contributed by atoms with Crippen LogP contribution < -0.4 is 5.32 Å². The number of rotatable bonds is 5. The van der Waals surface area contributed by atoms with Gasteiger partial charge >= 0.3 is 0 Å². The standard InChI is InChI=1S/C8H16N4OS/c1-7-10-11-8(12(7)2)6-9-4-5-14(3)13/h9H,4-6H2,1-3H3. The molecule has 0 aliphatic rings. The average Bonchev–Trinajstić information content (AvgIpc) is 2.43. The van der Waals surface area contributed by atoms with Crippen molar-refractivity contribution in [2.45, 2.75) is 13.5 Å². The maximum Gasteiger partial charge on any atom is 0.146 e. The van der Waals surface area contributed by atoms with Crippen molar-refractivity contribution in [2.24, 2.45) is 7.05 Å². The van der Waals surface area contributed by atoms with Gasteiger partial charge in [-0.25, -0.2) is 0 Å². The van der Waals surface area contributed by atoms with Crippen LogP contribution in [0.5, 0.6) is 0 Å². The Morgan fingerprint density at radius 2 is 2.21 bits per heavy atom. The zero-order chi connectivity index (χ0) is 10.6. The quantitative estimate of drug-likeness (QED) is 0.680. The Labute approximate surface area is 86.4 Å². The van der Waals surface area contributed by atoms with Crippen LogP contribution in [0.2, 0.25) is 0 Å². The molecule has 0 saturated carbocycles. The fourth-order valence-electron chi connectivity index (χ4n) is 1.02. The number of aromatic nitrogens is 3. The van der Waals surface area contributed by atoms with E-state index in [4.69, 9.17) is 0 Å². The van der Waals surface area contributed by atoms with Gasteiger partial charge in [0.05, 0.1) is 6.54 Å². The Hall–Kier alpha value is -0.750. The Morgan fingerprint density at radius 3 is 2.71 bits per heavy atom. The Kier molecular flexibility index (Phi) is 4.21. The van der Waals surface area contributed by atoms with Gasteiger partial charge in [-0.05, 0) is 6.92 Å². The van der Waals surface area contributed by atoms with Crippen LogP contribution >= 0.6 is 0 Å². The van der Waals surface area contributed by atoms with Gasteiger partial charge < -0.3 is 9.88 Å². The van der Waals surface area contributed by atoms with Gasteiger partial charge in [-0.2, -0.15) is 0 Å². The largest absolute Gasteiger partial charge is 0.317 e. The molecule has 0 amide bonds. The summed E-state index contributed by atoms with van der Waals surface area (Å²) in [5.74, 6) is 2.49. The molecule has 80 valence electrons. The number of nitrogens with one attached hydrogen (secondary N) is 1. The van der Waals surface area contributed by atoms with Crippen LogP contribution in [-0.4, -0.2) is 37.5 Å². The van der Waals surface area contributed by atoms with Crippen molar-refractivity contribution in [1.29, 1.82) is 0 Å². The lowest BCUT2D eigenvalue weighted by Gasteiger charge is -2.03. The van der Waals surface area contributed by atoms with Gasteiger partial charge in [-0.3, -0.25) is 4.21 Å². The number of aryl methyl sites for hydroxylation is 1. The predicted molar refractivity (Wildman–Crippen MR) is 56.4 cm³/mol. The first kappa shape index (κ1) is 11.3. The molecule has 1 rings (SSSR count). The van der Waals surface area contributed by atoms with E-state index in [0.717, 1.165) is 18.2 Å². The first-order valence-electron chi connectivity index (χ1n) is 4.47. The summed E-state index contributed by atoms with van der Waals surface area (Å²) in [6.45, 7) is 3.33. The van der Waals surface area contributed by atoms with E-state index in [1.165, 1.54) is 0 Å². The SMILES string of the molecule is Cc1nnc(CNCCS(C)=O)n1C. The number of hydrogen-bond donors (Lipinski definition) is 1. The van der Waals surface area contributed by atoms with Crippen molar-refractivity contribution in [3.8, 4) is 0 Å². The Bertz CT molecular complexity index is 323. The molecule has 0 fully saturated rings. The molecule has 1 N–H and O–H groups in total. The molecule has 0 spiro atoms. The summed E-state index contributed by atoms with van der Waals surface area (Å²) < 4.78 is 12.7. The number of hydrogen-bond acceptors (Lipinski definition) is 4. The van der Waals surface area contributed by atoms with Crippen molar-refractivity contribution in [1.82, 2.24) is 20.1 Å². The first-order chi connectivity index (χ1) is 6.61. The summed E-state index contributed by atoms with van der Waals surface area (Å²) in [5, 5.41) is 11.1. The maximum absolute atomic E-state index is 10.8.